The van der Waals surface area contributed by atoms with E-state index in [-0.39, 0.29) is 6.04 Å². The van der Waals surface area contributed by atoms with E-state index < -0.39 is 5.60 Å². The molecule has 1 aromatic rings. The molecule has 3 nitrogen and oxygen atoms in total. The molecular weight excluding hydrogens is 280 g/mol. The van der Waals surface area contributed by atoms with Crippen LogP contribution in [-0.4, -0.2) is 36.4 Å². The molecule has 0 bridgehead atoms. The normalized spacial score (nSPS) is 21.6. The molecule has 1 unspecified atom stereocenters. The van der Waals surface area contributed by atoms with Crippen molar-refractivity contribution in [2.75, 3.05) is 24.5 Å². The standard InChI is InChI=1S/C13H19BrN2O/c1-13(2,17)12-9-16(7-6-15-12)11-5-3-4-10(14)8-11/h3-5,8,12,15,17H,6-7,9H2,1-2H3. The van der Waals surface area contributed by atoms with Gasteiger partial charge in [0, 0.05) is 29.8 Å². The maximum absolute atomic E-state index is 10.1. The summed E-state index contributed by atoms with van der Waals surface area (Å²) in [7, 11) is 0. The second-order valence-corrected chi connectivity index (χ2v) is 6.00. The smallest absolute Gasteiger partial charge is 0.0761 e. The fourth-order valence-corrected chi connectivity index (χ4v) is 2.52. The molecule has 1 fully saturated rings. The Kier molecular flexibility index (Phi) is 3.76. The number of hydrogen-bond acceptors (Lipinski definition) is 3. The van der Waals surface area contributed by atoms with Gasteiger partial charge in [-0.1, -0.05) is 22.0 Å². The van der Waals surface area contributed by atoms with E-state index in [0.29, 0.717) is 0 Å². The molecule has 0 spiro atoms. The van der Waals surface area contributed by atoms with Gasteiger partial charge >= 0.3 is 0 Å². The number of aliphatic hydroxyl groups is 1. The lowest BCUT2D eigenvalue weighted by molar-refractivity contribution is 0.0364. The van der Waals surface area contributed by atoms with Gasteiger partial charge in [-0.25, -0.2) is 0 Å². The van der Waals surface area contributed by atoms with E-state index in [2.05, 4.69) is 38.3 Å². The second kappa shape index (κ2) is 4.96. The maximum Gasteiger partial charge on any atom is 0.0761 e. The lowest BCUT2D eigenvalue weighted by atomic mass is 9.96. The van der Waals surface area contributed by atoms with E-state index in [4.69, 9.17) is 0 Å². The molecule has 1 atom stereocenters. The van der Waals surface area contributed by atoms with Crippen molar-refractivity contribution in [3.05, 3.63) is 28.7 Å². The highest BCUT2D eigenvalue weighted by Gasteiger charge is 2.31. The van der Waals surface area contributed by atoms with Crippen LogP contribution in [-0.2, 0) is 0 Å². The summed E-state index contributed by atoms with van der Waals surface area (Å²) in [6.07, 6.45) is 0. The molecule has 1 heterocycles. The fourth-order valence-electron chi connectivity index (χ4n) is 2.13. The second-order valence-electron chi connectivity index (χ2n) is 5.09. The van der Waals surface area contributed by atoms with Crippen molar-refractivity contribution >= 4 is 21.6 Å². The maximum atomic E-state index is 10.1. The van der Waals surface area contributed by atoms with Crippen molar-refractivity contribution < 1.29 is 5.11 Å². The van der Waals surface area contributed by atoms with Gasteiger partial charge < -0.3 is 15.3 Å². The number of hydrogen-bond donors (Lipinski definition) is 2. The van der Waals surface area contributed by atoms with E-state index in [1.54, 1.807) is 0 Å². The molecule has 17 heavy (non-hydrogen) atoms. The average Bonchev–Trinajstić information content (AvgIpc) is 2.28. The zero-order valence-electron chi connectivity index (χ0n) is 10.3. The largest absolute Gasteiger partial charge is 0.389 e. The quantitative estimate of drug-likeness (QED) is 0.877. The molecule has 2 rings (SSSR count). The van der Waals surface area contributed by atoms with Crippen LogP contribution in [0.5, 0.6) is 0 Å². The minimum Gasteiger partial charge on any atom is -0.389 e. The van der Waals surface area contributed by atoms with Gasteiger partial charge in [0.25, 0.3) is 0 Å². The topological polar surface area (TPSA) is 35.5 Å². The van der Waals surface area contributed by atoms with Gasteiger partial charge in [-0.3, -0.25) is 0 Å². The first-order valence-electron chi connectivity index (χ1n) is 5.93. The van der Waals surface area contributed by atoms with E-state index in [9.17, 15) is 5.11 Å². The Morgan fingerprint density at radius 3 is 2.88 bits per heavy atom. The van der Waals surface area contributed by atoms with Crippen LogP contribution in [0.15, 0.2) is 28.7 Å². The Balaban J connectivity index is 2.12. The van der Waals surface area contributed by atoms with Crippen molar-refractivity contribution in [2.45, 2.75) is 25.5 Å². The molecule has 94 valence electrons. The summed E-state index contributed by atoms with van der Waals surface area (Å²) in [4.78, 5) is 2.31. The predicted molar refractivity (Wildman–Crippen MR) is 74.4 cm³/mol. The lowest BCUT2D eigenvalue weighted by Crippen LogP contribution is -2.59. The van der Waals surface area contributed by atoms with Gasteiger partial charge in [-0.15, -0.1) is 0 Å². The first-order chi connectivity index (χ1) is 7.97. The highest BCUT2D eigenvalue weighted by atomic mass is 79.9. The van der Waals surface area contributed by atoms with Crippen molar-refractivity contribution in [2.24, 2.45) is 0 Å². The van der Waals surface area contributed by atoms with Crippen LogP contribution < -0.4 is 10.2 Å². The minimum absolute atomic E-state index is 0.107. The molecule has 1 aliphatic heterocycles. The van der Waals surface area contributed by atoms with Gasteiger partial charge in [0.15, 0.2) is 0 Å². The molecule has 0 amide bonds. The third kappa shape index (κ3) is 3.21. The van der Waals surface area contributed by atoms with Crippen LogP contribution in [0.4, 0.5) is 5.69 Å². The predicted octanol–water partition coefficient (Wildman–Crippen LogP) is 2.00. The van der Waals surface area contributed by atoms with Gasteiger partial charge in [0.05, 0.1) is 11.6 Å². The number of benzene rings is 1. The van der Waals surface area contributed by atoms with Crippen molar-refractivity contribution in [3.63, 3.8) is 0 Å². The highest BCUT2D eigenvalue weighted by molar-refractivity contribution is 9.10. The fraction of sp³-hybridized carbons (Fsp3) is 0.538. The Morgan fingerprint density at radius 2 is 2.24 bits per heavy atom. The average molecular weight is 299 g/mol. The van der Waals surface area contributed by atoms with Crippen molar-refractivity contribution in [3.8, 4) is 0 Å². The number of anilines is 1. The molecule has 0 radical (unpaired) electrons. The molecule has 1 saturated heterocycles. The van der Waals surface area contributed by atoms with E-state index in [1.165, 1.54) is 5.69 Å². The van der Waals surface area contributed by atoms with E-state index in [1.807, 2.05) is 26.0 Å². The van der Waals surface area contributed by atoms with Crippen LogP contribution in [0.25, 0.3) is 0 Å². The van der Waals surface area contributed by atoms with Crippen molar-refractivity contribution in [1.82, 2.24) is 5.32 Å². The SMILES string of the molecule is CC(C)(O)C1CN(c2cccc(Br)c2)CCN1. The molecule has 1 aliphatic rings. The Labute approximate surface area is 111 Å². The first-order valence-corrected chi connectivity index (χ1v) is 6.72. The lowest BCUT2D eigenvalue weighted by Gasteiger charge is -2.40. The third-order valence-corrected chi connectivity index (χ3v) is 3.69. The van der Waals surface area contributed by atoms with Crippen molar-refractivity contribution in [1.29, 1.82) is 0 Å². The van der Waals surface area contributed by atoms with Gasteiger partial charge in [-0.05, 0) is 32.0 Å². The molecule has 0 aromatic heterocycles. The third-order valence-electron chi connectivity index (χ3n) is 3.20. The number of rotatable bonds is 2. The Bertz CT molecular complexity index is 389. The summed E-state index contributed by atoms with van der Waals surface area (Å²) in [6.45, 7) is 6.42. The Morgan fingerprint density at radius 1 is 1.47 bits per heavy atom. The van der Waals surface area contributed by atoms with Gasteiger partial charge in [-0.2, -0.15) is 0 Å². The summed E-state index contributed by atoms with van der Waals surface area (Å²) in [5, 5.41) is 13.4. The van der Waals surface area contributed by atoms with Crippen LogP contribution in [0, 0.1) is 0 Å². The first kappa shape index (κ1) is 12.9. The van der Waals surface area contributed by atoms with E-state index in [0.717, 1.165) is 24.1 Å². The zero-order valence-corrected chi connectivity index (χ0v) is 11.9. The van der Waals surface area contributed by atoms with Gasteiger partial charge in [0.2, 0.25) is 0 Å². The molecule has 4 heteroatoms. The van der Waals surface area contributed by atoms with Crippen LogP contribution in [0.2, 0.25) is 0 Å². The summed E-state index contributed by atoms with van der Waals surface area (Å²) in [5.41, 5.74) is 0.514. The van der Waals surface area contributed by atoms with E-state index >= 15 is 0 Å². The number of halogens is 1. The molecule has 0 saturated carbocycles. The molecular formula is C13H19BrN2O. The van der Waals surface area contributed by atoms with Crippen LogP contribution in [0.3, 0.4) is 0 Å². The molecule has 0 aliphatic carbocycles. The Hall–Kier alpha value is -0.580. The number of piperazine rings is 1. The molecule has 1 aromatic carbocycles. The molecule has 2 N–H and O–H groups in total. The van der Waals surface area contributed by atoms with Gasteiger partial charge in [0.1, 0.15) is 0 Å². The van der Waals surface area contributed by atoms with Crippen LogP contribution in [0.1, 0.15) is 13.8 Å². The number of nitrogens with one attached hydrogen (secondary N) is 1. The minimum atomic E-state index is -0.690. The summed E-state index contributed by atoms with van der Waals surface area (Å²) >= 11 is 3.49. The highest BCUT2D eigenvalue weighted by Crippen LogP contribution is 2.23. The summed E-state index contributed by atoms with van der Waals surface area (Å²) < 4.78 is 1.09. The summed E-state index contributed by atoms with van der Waals surface area (Å²) in [5.74, 6) is 0. The zero-order chi connectivity index (χ0) is 12.5. The summed E-state index contributed by atoms with van der Waals surface area (Å²) in [6, 6.07) is 8.40. The monoisotopic (exact) mass is 298 g/mol. The van der Waals surface area contributed by atoms with Crippen LogP contribution >= 0.6 is 15.9 Å². The number of nitrogens with zero attached hydrogens (tertiary/aromatic N) is 1.